The van der Waals surface area contributed by atoms with Gasteiger partial charge in [0.1, 0.15) is 18.6 Å². The van der Waals surface area contributed by atoms with Crippen LogP contribution in [0.1, 0.15) is 18.9 Å². The third-order valence-electron chi connectivity index (χ3n) is 3.40. The highest BCUT2D eigenvalue weighted by atomic mass is 16.4. The molecule has 0 aliphatic rings. The Kier molecular flexibility index (Phi) is 8.43. The Morgan fingerprint density at radius 2 is 1.52 bits per heavy atom. The first-order chi connectivity index (χ1) is 12.7. The number of carboxylic acids is 2. The molecule has 0 radical (unpaired) electrons. The van der Waals surface area contributed by atoms with E-state index >= 15 is 0 Å². The molecule has 10 nitrogen and oxygen atoms in total. The first-order valence-electron chi connectivity index (χ1n) is 8.01. The molecule has 27 heavy (non-hydrogen) atoms. The normalized spacial score (nSPS) is 12.3. The number of hydrogen-bond acceptors (Lipinski definition) is 5. The maximum atomic E-state index is 12.4. The van der Waals surface area contributed by atoms with Crippen LogP contribution in [0, 0.1) is 0 Å². The van der Waals surface area contributed by atoms with E-state index in [1.165, 1.54) is 0 Å². The molecule has 1 aromatic rings. The van der Waals surface area contributed by atoms with Crippen molar-refractivity contribution >= 4 is 29.7 Å². The van der Waals surface area contributed by atoms with E-state index in [2.05, 4.69) is 16.0 Å². The summed E-state index contributed by atoms with van der Waals surface area (Å²) < 4.78 is 0. The van der Waals surface area contributed by atoms with Crippen LogP contribution in [0.25, 0.3) is 0 Å². The van der Waals surface area contributed by atoms with Gasteiger partial charge in [0.05, 0.1) is 6.42 Å². The molecule has 1 aromatic carbocycles. The van der Waals surface area contributed by atoms with Crippen molar-refractivity contribution in [2.24, 2.45) is 0 Å². The van der Waals surface area contributed by atoms with Gasteiger partial charge in [-0.1, -0.05) is 30.3 Å². The van der Waals surface area contributed by atoms with Gasteiger partial charge >= 0.3 is 11.9 Å². The van der Waals surface area contributed by atoms with E-state index in [4.69, 9.17) is 10.2 Å². The van der Waals surface area contributed by atoms with E-state index in [0.29, 0.717) is 5.56 Å². The zero-order valence-electron chi connectivity index (χ0n) is 14.6. The zero-order valence-corrected chi connectivity index (χ0v) is 14.6. The van der Waals surface area contributed by atoms with Crippen LogP contribution in [0.4, 0.5) is 0 Å². The molecule has 0 fully saturated rings. The minimum absolute atomic E-state index is 0.0535. The van der Waals surface area contributed by atoms with Crippen molar-refractivity contribution in [1.82, 2.24) is 16.0 Å². The molecule has 146 valence electrons. The van der Waals surface area contributed by atoms with Gasteiger partial charge in [0.25, 0.3) is 0 Å². The Labute approximate surface area is 154 Å². The molecule has 0 heterocycles. The molecule has 10 heteroatoms. The Balaban J connectivity index is 2.93. The lowest BCUT2D eigenvalue weighted by atomic mass is 10.0. The van der Waals surface area contributed by atoms with Gasteiger partial charge in [0.2, 0.25) is 17.7 Å². The summed E-state index contributed by atoms with van der Waals surface area (Å²) in [5.41, 5.74) is 0.697. The van der Waals surface area contributed by atoms with Gasteiger partial charge in [-0.2, -0.15) is 0 Å². The number of hydrogen-bond donors (Lipinski definition) is 5. The van der Waals surface area contributed by atoms with Crippen molar-refractivity contribution in [1.29, 1.82) is 0 Å². The Hall–Kier alpha value is -3.43. The number of carboxylic acid groups (broad SMARTS) is 2. The third-order valence-corrected chi connectivity index (χ3v) is 3.40. The van der Waals surface area contributed by atoms with Crippen molar-refractivity contribution in [2.75, 3.05) is 6.54 Å². The van der Waals surface area contributed by atoms with Crippen LogP contribution in [0.2, 0.25) is 0 Å². The summed E-state index contributed by atoms with van der Waals surface area (Å²) in [4.78, 5) is 57.4. The molecule has 0 saturated heterocycles. The van der Waals surface area contributed by atoms with Crippen molar-refractivity contribution in [3.05, 3.63) is 35.9 Å². The van der Waals surface area contributed by atoms with Crippen LogP contribution in [0.3, 0.4) is 0 Å². The molecule has 0 unspecified atom stereocenters. The van der Waals surface area contributed by atoms with Crippen molar-refractivity contribution in [3.63, 3.8) is 0 Å². The Morgan fingerprint density at radius 1 is 0.889 bits per heavy atom. The molecule has 0 aliphatic carbocycles. The van der Waals surface area contributed by atoms with Crippen LogP contribution in [0.15, 0.2) is 30.3 Å². The largest absolute Gasteiger partial charge is 0.481 e. The molecule has 0 saturated carbocycles. The number of rotatable bonds is 10. The highest BCUT2D eigenvalue weighted by Crippen LogP contribution is 2.05. The first kappa shape index (κ1) is 21.6. The summed E-state index contributed by atoms with van der Waals surface area (Å²) in [5, 5.41) is 24.3. The number of carbonyl (C=O) groups is 5. The van der Waals surface area contributed by atoms with Gasteiger partial charge in [-0.15, -0.1) is 0 Å². The molecule has 0 aromatic heterocycles. The molecule has 2 atom stereocenters. The van der Waals surface area contributed by atoms with Gasteiger partial charge in [-0.25, -0.2) is 0 Å². The van der Waals surface area contributed by atoms with E-state index in [1.54, 1.807) is 30.3 Å². The summed E-state index contributed by atoms with van der Waals surface area (Å²) in [6, 6.07) is 6.14. The second kappa shape index (κ2) is 10.5. The number of nitrogens with one attached hydrogen (secondary N) is 3. The first-order valence-corrected chi connectivity index (χ1v) is 8.01. The predicted octanol–water partition coefficient (Wildman–Crippen LogP) is -1.11. The second-order valence-electron chi connectivity index (χ2n) is 5.71. The van der Waals surface area contributed by atoms with E-state index in [-0.39, 0.29) is 6.42 Å². The standard InChI is InChI=1S/C17H21N3O7/c1-10(21)19-13(8-14(22)23)17(27)20-12(16(26)18-9-15(24)25)7-11-5-3-2-4-6-11/h2-6,12-13H,7-9H2,1H3,(H,18,26)(H,19,21)(H,20,27)(H,22,23)(H,24,25)/t12-,13-/m0/s1. The van der Waals surface area contributed by atoms with E-state index < -0.39 is 54.7 Å². The Bertz CT molecular complexity index is 690. The average molecular weight is 379 g/mol. The molecule has 0 spiro atoms. The minimum atomic E-state index is -1.37. The van der Waals surface area contributed by atoms with E-state index in [9.17, 15) is 24.0 Å². The molecule has 0 aliphatic heterocycles. The maximum Gasteiger partial charge on any atom is 0.322 e. The predicted molar refractivity (Wildman–Crippen MR) is 92.6 cm³/mol. The smallest absolute Gasteiger partial charge is 0.322 e. The summed E-state index contributed by atoms with van der Waals surface area (Å²) in [7, 11) is 0. The van der Waals surface area contributed by atoms with Gasteiger partial charge in [-0.05, 0) is 5.56 Å². The fraction of sp³-hybridized carbons (Fsp3) is 0.353. The highest BCUT2D eigenvalue weighted by Gasteiger charge is 2.28. The zero-order chi connectivity index (χ0) is 20.4. The lowest BCUT2D eigenvalue weighted by Gasteiger charge is -2.22. The fourth-order valence-electron chi connectivity index (χ4n) is 2.25. The van der Waals surface area contributed by atoms with Gasteiger partial charge < -0.3 is 26.2 Å². The lowest BCUT2D eigenvalue weighted by Crippen LogP contribution is -2.55. The molecule has 3 amide bonds. The molecule has 5 N–H and O–H groups in total. The third kappa shape index (κ3) is 8.47. The summed E-state index contributed by atoms with van der Waals surface area (Å²) in [5.74, 6) is -4.77. The van der Waals surface area contributed by atoms with Crippen LogP contribution in [-0.4, -0.2) is 58.5 Å². The molecular formula is C17H21N3O7. The number of aliphatic carboxylic acids is 2. The quantitative estimate of drug-likeness (QED) is 0.344. The van der Waals surface area contributed by atoms with Gasteiger partial charge in [-0.3, -0.25) is 24.0 Å². The van der Waals surface area contributed by atoms with Crippen LogP contribution in [-0.2, 0) is 30.4 Å². The van der Waals surface area contributed by atoms with Crippen molar-refractivity contribution < 1.29 is 34.2 Å². The summed E-state index contributed by atoms with van der Waals surface area (Å²) in [6.07, 6.45) is -0.613. The maximum absolute atomic E-state index is 12.4. The van der Waals surface area contributed by atoms with Crippen molar-refractivity contribution in [3.8, 4) is 0 Å². The van der Waals surface area contributed by atoms with E-state index in [1.807, 2.05) is 0 Å². The van der Waals surface area contributed by atoms with Crippen LogP contribution < -0.4 is 16.0 Å². The average Bonchev–Trinajstić information content (AvgIpc) is 2.58. The molecule has 1 rings (SSSR count). The van der Waals surface area contributed by atoms with E-state index in [0.717, 1.165) is 6.92 Å². The monoisotopic (exact) mass is 379 g/mol. The minimum Gasteiger partial charge on any atom is -0.481 e. The lowest BCUT2D eigenvalue weighted by molar-refractivity contribution is -0.141. The van der Waals surface area contributed by atoms with Crippen LogP contribution in [0.5, 0.6) is 0 Å². The summed E-state index contributed by atoms with van der Waals surface area (Å²) in [6.45, 7) is 0.493. The number of benzene rings is 1. The Morgan fingerprint density at radius 3 is 2.04 bits per heavy atom. The highest BCUT2D eigenvalue weighted by molar-refractivity contribution is 5.94. The molecule has 0 bridgehead atoms. The van der Waals surface area contributed by atoms with Crippen molar-refractivity contribution in [2.45, 2.75) is 31.8 Å². The van der Waals surface area contributed by atoms with Gasteiger partial charge in [0, 0.05) is 13.3 Å². The van der Waals surface area contributed by atoms with Crippen LogP contribution >= 0.6 is 0 Å². The SMILES string of the molecule is CC(=O)N[C@@H](CC(=O)O)C(=O)N[C@@H](Cc1ccccc1)C(=O)NCC(=O)O. The number of carbonyl (C=O) groups excluding carboxylic acids is 3. The fourth-order valence-corrected chi connectivity index (χ4v) is 2.25. The summed E-state index contributed by atoms with van der Waals surface area (Å²) >= 11 is 0. The topological polar surface area (TPSA) is 162 Å². The number of amides is 3. The van der Waals surface area contributed by atoms with Gasteiger partial charge in [0.15, 0.2) is 0 Å². The molecular weight excluding hydrogens is 358 g/mol. The second-order valence-corrected chi connectivity index (χ2v) is 5.71.